The van der Waals surface area contributed by atoms with Crippen LogP contribution in [0.1, 0.15) is 34.1 Å². The van der Waals surface area contributed by atoms with Crippen molar-refractivity contribution >= 4 is 30.1 Å². The Hall–Kier alpha value is 0.623. The normalized spacial score (nSPS) is 13.6. The largest absolute Gasteiger partial charge is 0.595 e. The van der Waals surface area contributed by atoms with Gasteiger partial charge in [0.05, 0.1) is 6.04 Å². The smallest absolute Gasteiger partial charge is 0.146 e. The van der Waals surface area contributed by atoms with Gasteiger partial charge in [0.2, 0.25) is 0 Å². The van der Waals surface area contributed by atoms with Gasteiger partial charge in [0.1, 0.15) is 6.08 Å². The van der Waals surface area contributed by atoms with Gasteiger partial charge in [-0.1, -0.05) is 27.7 Å². The zero-order chi connectivity index (χ0) is 9.78. The quantitative estimate of drug-likeness (QED) is 0.324. The third-order valence-electron chi connectivity index (χ3n) is 1.15. The van der Waals surface area contributed by atoms with Gasteiger partial charge in [0.25, 0.3) is 0 Å². The van der Waals surface area contributed by atoms with Gasteiger partial charge < -0.3 is 9.84 Å². The van der Waals surface area contributed by atoms with Gasteiger partial charge in [-0.25, -0.2) is 0 Å². The summed E-state index contributed by atoms with van der Waals surface area (Å²) in [5.74, 6) is 0. The summed E-state index contributed by atoms with van der Waals surface area (Å²) in [7, 11) is 0. The monoisotopic (exact) mass is 363 g/mol. The van der Waals surface area contributed by atoms with Crippen molar-refractivity contribution in [3.8, 4) is 0 Å². The van der Waals surface area contributed by atoms with Gasteiger partial charge in [0.15, 0.2) is 0 Å². The van der Waals surface area contributed by atoms with Gasteiger partial charge in [-0.05, 0) is 13.3 Å². The summed E-state index contributed by atoms with van der Waals surface area (Å²) in [5.41, 5.74) is -0.464. The number of aliphatic imine (C=N–C) groups is 1. The van der Waals surface area contributed by atoms with E-state index in [-0.39, 0.29) is 49.5 Å². The Kier molecular flexibility index (Phi) is 12.8. The van der Waals surface area contributed by atoms with Crippen LogP contribution in [0.25, 0.3) is 0 Å². The molecule has 0 saturated carbocycles. The Balaban J connectivity index is -0.000000605. The van der Waals surface area contributed by atoms with Crippen molar-refractivity contribution in [2.24, 2.45) is 4.99 Å². The van der Waals surface area contributed by atoms with E-state index in [1.54, 1.807) is 0 Å². The molecule has 0 saturated heterocycles. The molecule has 0 heterocycles. The molecule has 0 aromatic carbocycles. The van der Waals surface area contributed by atoms with Crippen molar-refractivity contribution in [2.75, 3.05) is 0 Å². The zero-order valence-electron chi connectivity index (χ0n) is 9.37. The molecule has 0 spiro atoms. The second-order valence-electron chi connectivity index (χ2n) is 3.67. The first-order valence-electron chi connectivity index (χ1n) is 4.12. The van der Waals surface area contributed by atoms with E-state index in [1.165, 1.54) is 0 Å². The van der Waals surface area contributed by atoms with Crippen LogP contribution >= 0.6 is 24.0 Å². The molecule has 0 unspecified atom stereocenters. The van der Waals surface area contributed by atoms with E-state index >= 15 is 0 Å². The molecule has 0 aliphatic rings. The van der Waals surface area contributed by atoms with Gasteiger partial charge in [-0.2, -0.15) is 0 Å². The molecule has 0 aromatic rings. The van der Waals surface area contributed by atoms with Crippen molar-refractivity contribution in [3.63, 3.8) is 0 Å². The van der Waals surface area contributed by atoms with E-state index in [9.17, 15) is 5.11 Å². The predicted molar refractivity (Wildman–Crippen MR) is 63.1 cm³/mol. The van der Waals surface area contributed by atoms with Crippen molar-refractivity contribution in [3.05, 3.63) is 6.92 Å². The molecule has 0 fully saturated rings. The molecular weight excluding hydrogens is 346 g/mol. The van der Waals surface area contributed by atoms with Crippen LogP contribution in [-0.4, -0.2) is 17.7 Å². The van der Waals surface area contributed by atoms with Gasteiger partial charge in [-0.15, -0.1) is 24.0 Å². The Bertz CT molecular complexity index is 169. The molecule has 5 heteroatoms. The first-order valence-corrected chi connectivity index (χ1v) is 4.12. The molecule has 14 heavy (non-hydrogen) atoms. The van der Waals surface area contributed by atoms with Crippen LogP contribution in [0.2, 0.25) is 0 Å². The predicted octanol–water partition coefficient (Wildman–Crippen LogP) is 1.75. The molecule has 0 aromatic heterocycles. The fourth-order valence-corrected chi connectivity index (χ4v) is 0.529. The van der Waals surface area contributed by atoms with Gasteiger partial charge >= 0.3 is 0 Å². The minimum absolute atomic E-state index is 0. The van der Waals surface area contributed by atoms with Crippen molar-refractivity contribution < 1.29 is 29.3 Å². The first kappa shape index (κ1) is 20.1. The SMILES string of the molecule is I.[CH2][C@H](CC)N=C([O-])OC(C)(C)C.[Zn]. The molecular formula is C9H18INO2Zn-. The number of hydrogen-bond donors (Lipinski definition) is 0. The van der Waals surface area contributed by atoms with E-state index in [0.29, 0.717) is 0 Å². The third kappa shape index (κ3) is 12.6. The molecule has 81 valence electrons. The van der Waals surface area contributed by atoms with Gasteiger partial charge in [-0.3, -0.25) is 4.99 Å². The van der Waals surface area contributed by atoms with Crippen LogP contribution < -0.4 is 5.11 Å². The van der Waals surface area contributed by atoms with Crippen LogP contribution in [-0.2, 0) is 24.2 Å². The van der Waals surface area contributed by atoms with E-state index in [2.05, 4.69) is 11.9 Å². The van der Waals surface area contributed by atoms with Crippen LogP contribution in [0.3, 0.4) is 0 Å². The molecule has 0 N–H and O–H groups in total. The minimum atomic E-state index is -0.524. The molecule has 0 amide bonds. The first-order chi connectivity index (χ1) is 5.35. The van der Waals surface area contributed by atoms with Crippen molar-refractivity contribution in [2.45, 2.75) is 45.8 Å². The van der Waals surface area contributed by atoms with Crippen molar-refractivity contribution in [1.29, 1.82) is 0 Å². The Morgan fingerprint density at radius 1 is 1.50 bits per heavy atom. The van der Waals surface area contributed by atoms with Gasteiger partial charge in [0, 0.05) is 25.1 Å². The summed E-state index contributed by atoms with van der Waals surface area (Å²) in [6.07, 6.45) is 0.225. The number of ether oxygens (including phenoxy) is 1. The van der Waals surface area contributed by atoms with E-state index in [0.717, 1.165) is 6.42 Å². The Labute approximate surface area is 116 Å². The van der Waals surface area contributed by atoms with E-state index in [1.807, 2.05) is 27.7 Å². The summed E-state index contributed by atoms with van der Waals surface area (Å²) in [6, 6.07) is -0.195. The van der Waals surface area contributed by atoms with Crippen LogP contribution in [0, 0.1) is 6.92 Å². The standard InChI is InChI=1S/C9H18NO2.HI.Zn/c1-6-7(2)10-8(11)12-9(3,4)5;;/h7H,2,6H2,1,3-5H3,(H,10,11);1H;/p-1/t7-;;/m1../s1. The minimum Gasteiger partial charge on any atom is -0.595 e. The van der Waals surface area contributed by atoms with E-state index < -0.39 is 11.7 Å². The van der Waals surface area contributed by atoms with Crippen LogP contribution in [0.5, 0.6) is 0 Å². The number of halogens is 1. The molecule has 3 nitrogen and oxygen atoms in total. The Morgan fingerprint density at radius 3 is 2.21 bits per heavy atom. The summed E-state index contributed by atoms with van der Waals surface area (Å²) < 4.78 is 4.96. The molecule has 0 bridgehead atoms. The summed E-state index contributed by atoms with van der Waals surface area (Å²) in [6.45, 7) is 11.0. The van der Waals surface area contributed by atoms with E-state index in [4.69, 9.17) is 4.74 Å². The maximum Gasteiger partial charge on any atom is 0.146 e. The molecule has 0 aliphatic heterocycles. The molecule has 0 aliphatic carbocycles. The number of hydrogen-bond acceptors (Lipinski definition) is 3. The fraction of sp³-hybridized carbons (Fsp3) is 0.778. The van der Waals surface area contributed by atoms with Crippen molar-refractivity contribution in [1.82, 2.24) is 0 Å². The second-order valence-corrected chi connectivity index (χ2v) is 3.67. The molecule has 0 rings (SSSR count). The number of rotatable bonds is 2. The fourth-order valence-electron chi connectivity index (χ4n) is 0.529. The summed E-state index contributed by atoms with van der Waals surface area (Å²) >= 11 is 0. The maximum absolute atomic E-state index is 11.0. The van der Waals surface area contributed by atoms with Crippen LogP contribution in [0.15, 0.2) is 4.99 Å². The van der Waals surface area contributed by atoms with Crippen LogP contribution in [0.4, 0.5) is 0 Å². The third-order valence-corrected chi connectivity index (χ3v) is 1.15. The Morgan fingerprint density at radius 2 is 1.93 bits per heavy atom. The maximum atomic E-state index is 11.0. The molecule has 1 atom stereocenters. The summed E-state index contributed by atoms with van der Waals surface area (Å²) in [5, 5.41) is 11.0. The average Bonchev–Trinajstić information content (AvgIpc) is 1.82. The zero-order valence-corrected chi connectivity index (χ0v) is 14.7. The average molecular weight is 365 g/mol. The summed E-state index contributed by atoms with van der Waals surface area (Å²) in [4.78, 5) is 3.71. The topological polar surface area (TPSA) is 44.7 Å². The second kappa shape index (κ2) is 8.89. The number of nitrogens with zero attached hydrogens (tertiary/aromatic N) is 1. The molecule has 1 radical (unpaired) electrons.